The second-order valence-corrected chi connectivity index (χ2v) is 4.86. The number of nitrogens with zero attached hydrogens (tertiary/aromatic N) is 2. The van der Waals surface area contributed by atoms with E-state index < -0.39 is 0 Å². The molecular weight excluding hydrogens is 253 g/mol. The zero-order chi connectivity index (χ0) is 13.5. The van der Waals surface area contributed by atoms with Crippen LogP contribution in [-0.2, 0) is 6.42 Å². The average molecular weight is 265 g/mol. The third-order valence-corrected chi connectivity index (χ3v) is 3.62. The zero-order valence-electron chi connectivity index (χ0n) is 10.7. The maximum atomic E-state index is 13.4. The molecule has 1 N–H and O–H groups in total. The summed E-state index contributed by atoms with van der Waals surface area (Å²) < 4.78 is 13.4. The predicted octanol–water partition coefficient (Wildman–Crippen LogP) is 3.05. The molecule has 1 aromatic rings. The number of halogens is 1. The molecule has 4 rings (SSSR count). The summed E-state index contributed by atoms with van der Waals surface area (Å²) in [6.45, 7) is 0.717. The van der Waals surface area contributed by atoms with E-state index in [4.69, 9.17) is 0 Å². The number of hydrogen-bond acceptors (Lipinski definition) is 2. The van der Waals surface area contributed by atoms with Gasteiger partial charge in [-0.25, -0.2) is 9.37 Å². The highest BCUT2D eigenvalue weighted by molar-refractivity contribution is 6.14. The van der Waals surface area contributed by atoms with E-state index in [0.717, 1.165) is 34.8 Å². The molecular formula is C16H12FN3. The van der Waals surface area contributed by atoms with Gasteiger partial charge in [0.15, 0.2) is 0 Å². The molecule has 0 spiro atoms. The Morgan fingerprint density at radius 2 is 2.10 bits per heavy atom. The number of nitrogens with one attached hydrogen (secondary N) is 1. The summed E-state index contributed by atoms with van der Waals surface area (Å²) in [5.41, 5.74) is 4.78. The van der Waals surface area contributed by atoms with Gasteiger partial charge in [-0.05, 0) is 36.2 Å². The topological polar surface area (TPSA) is 41.0 Å². The summed E-state index contributed by atoms with van der Waals surface area (Å²) in [4.78, 5) is 12.3. The molecule has 0 fully saturated rings. The van der Waals surface area contributed by atoms with E-state index in [9.17, 15) is 4.39 Å². The Kier molecular flexibility index (Phi) is 2.42. The Bertz CT molecular complexity index is 788. The van der Waals surface area contributed by atoms with Crippen molar-refractivity contribution >= 4 is 5.71 Å². The molecule has 4 heteroatoms. The van der Waals surface area contributed by atoms with Crippen LogP contribution in [0, 0.1) is 5.82 Å². The van der Waals surface area contributed by atoms with Gasteiger partial charge >= 0.3 is 0 Å². The lowest BCUT2D eigenvalue weighted by Crippen LogP contribution is -2.13. The molecule has 0 bridgehead atoms. The van der Waals surface area contributed by atoms with Gasteiger partial charge in [-0.3, -0.25) is 4.99 Å². The summed E-state index contributed by atoms with van der Waals surface area (Å²) >= 11 is 0. The zero-order valence-corrected chi connectivity index (χ0v) is 10.7. The maximum Gasteiger partial charge on any atom is 0.138 e. The molecule has 3 heterocycles. The van der Waals surface area contributed by atoms with Crippen LogP contribution in [0.4, 0.5) is 4.39 Å². The summed E-state index contributed by atoms with van der Waals surface area (Å²) in [6.07, 6.45) is 2.74. The highest BCUT2D eigenvalue weighted by Gasteiger charge is 2.24. The summed E-state index contributed by atoms with van der Waals surface area (Å²) in [5, 5.41) is 0. The Hall–Kier alpha value is -2.49. The van der Waals surface area contributed by atoms with Crippen LogP contribution in [0.15, 0.2) is 47.6 Å². The van der Waals surface area contributed by atoms with Crippen molar-refractivity contribution in [3.8, 4) is 11.4 Å². The third kappa shape index (κ3) is 1.65. The first kappa shape index (κ1) is 11.3. The number of aromatic amines is 1. The Labute approximate surface area is 115 Å². The van der Waals surface area contributed by atoms with Crippen LogP contribution >= 0.6 is 0 Å². The van der Waals surface area contributed by atoms with Crippen LogP contribution in [0.2, 0.25) is 0 Å². The third-order valence-electron chi connectivity index (χ3n) is 3.62. The molecule has 0 radical (unpaired) electrons. The van der Waals surface area contributed by atoms with E-state index in [0.29, 0.717) is 6.54 Å². The van der Waals surface area contributed by atoms with Gasteiger partial charge in [0.2, 0.25) is 0 Å². The molecule has 3 aliphatic heterocycles. The highest BCUT2D eigenvalue weighted by atomic mass is 19.1. The maximum absolute atomic E-state index is 13.4. The van der Waals surface area contributed by atoms with Crippen LogP contribution in [-0.4, -0.2) is 22.2 Å². The molecule has 3 aliphatic rings. The van der Waals surface area contributed by atoms with Crippen molar-refractivity contribution in [3.05, 3.63) is 65.2 Å². The number of fused-ring (bicyclic) bond motifs is 3. The number of aliphatic imine (C=N–C) groups is 1. The number of rotatable bonds is 1. The Morgan fingerprint density at radius 1 is 1.15 bits per heavy atom. The monoisotopic (exact) mass is 265 g/mol. The fraction of sp³-hybridized carbons (Fsp3) is 0.125. The second-order valence-electron chi connectivity index (χ2n) is 4.86. The minimum absolute atomic E-state index is 0.250. The van der Waals surface area contributed by atoms with Gasteiger partial charge in [0, 0.05) is 23.9 Å². The molecule has 0 aliphatic carbocycles. The fourth-order valence-corrected chi connectivity index (χ4v) is 2.74. The minimum atomic E-state index is -0.250. The van der Waals surface area contributed by atoms with Gasteiger partial charge in [0.05, 0.1) is 11.4 Å². The van der Waals surface area contributed by atoms with Crippen molar-refractivity contribution in [1.82, 2.24) is 9.97 Å². The molecule has 0 unspecified atom stereocenters. The molecule has 0 saturated carbocycles. The van der Waals surface area contributed by atoms with Gasteiger partial charge < -0.3 is 4.98 Å². The number of benzene rings is 1. The van der Waals surface area contributed by atoms with Crippen molar-refractivity contribution in [2.24, 2.45) is 4.99 Å². The van der Waals surface area contributed by atoms with Crippen LogP contribution in [0.3, 0.4) is 0 Å². The molecule has 0 atom stereocenters. The molecule has 3 nitrogen and oxygen atoms in total. The smallest absolute Gasteiger partial charge is 0.138 e. The van der Waals surface area contributed by atoms with E-state index in [2.05, 4.69) is 21.0 Å². The lowest BCUT2D eigenvalue weighted by Gasteiger charge is -2.13. The molecule has 20 heavy (non-hydrogen) atoms. The second kappa shape index (κ2) is 4.27. The van der Waals surface area contributed by atoms with Gasteiger partial charge in [-0.2, -0.15) is 0 Å². The number of pyridine rings is 1. The van der Waals surface area contributed by atoms with Crippen LogP contribution in [0.5, 0.6) is 0 Å². The number of aromatic nitrogens is 2. The Morgan fingerprint density at radius 3 is 3.00 bits per heavy atom. The van der Waals surface area contributed by atoms with E-state index >= 15 is 0 Å². The van der Waals surface area contributed by atoms with Gasteiger partial charge in [-0.15, -0.1) is 0 Å². The molecule has 98 valence electrons. The minimum Gasteiger partial charge on any atom is -0.346 e. The number of hydrogen-bond donors (Lipinski definition) is 1. The lowest BCUT2D eigenvalue weighted by molar-refractivity contribution is 0.627. The van der Waals surface area contributed by atoms with E-state index in [1.54, 1.807) is 6.07 Å². The van der Waals surface area contributed by atoms with E-state index in [1.807, 2.05) is 18.3 Å². The van der Waals surface area contributed by atoms with Crippen molar-refractivity contribution < 1.29 is 4.39 Å². The van der Waals surface area contributed by atoms with Crippen LogP contribution in [0.25, 0.3) is 11.4 Å². The van der Waals surface area contributed by atoms with Crippen molar-refractivity contribution in [2.75, 3.05) is 6.54 Å². The van der Waals surface area contributed by atoms with E-state index in [-0.39, 0.29) is 5.82 Å². The SMILES string of the molecule is Fc1cccc(C2=NCCc3c4ccc[nH]c-4nc32)c1. The predicted molar refractivity (Wildman–Crippen MR) is 75.8 cm³/mol. The summed E-state index contributed by atoms with van der Waals surface area (Å²) in [7, 11) is 0. The Balaban J connectivity index is 1.93. The standard InChI is InChI=1S/C16H12FN3/c17-11-4-1-3-10(9-11)14-15-12(6-8-18-14)13-5-2-7-19-16(13)20-15/h1-5,7,9H,6,8H2,(H,19,20). The quantitative estimate of drug-likeness (QED) is 0.722. The van der Waals surface area contributed by atoms with E-state index in [1.165, 1.54) is 17.7 Å². The lowest BCUT2D eigenvalue weighted by atomic mass is 9.97. The molecule has 1 aromatic carbocycles. The number of H-pyrrole nitrogens is 1. The van der Waals surface area contributed by atoms with Crippen molar-refractivity contribution in [2.45, 2.75) is 6.42 Å². The van der Waals surface area contributed by atoms with Gasteiger partial charge in [-0.1, -0.05) is 12.1 Å². The van der Waals surface area contributed by atoms with Crippen LogP contribution in [0.1, 0.15) is 16.8 Å². The average Bonchev–Trinajstić information content (AvgIpc) is 2.86. The first-order chi connectivity index (χ1) is 9.83. The van der Waals surface area contributed by atoms with Gasteiger partial charge in [0.25, 0.3) is 0 Å². The first-order valence-corrected chi connectivity index (χ1v) is 6.59. The normalized spacial score (nSPS) is 14.2. The molecule has 0 amide bonds. The van der Waals surface area contributed by atoms with Crippen molar-refractivity contribution in [1.29, 1.82) is 0 Å². The molecule has 0 aromatic heterocycles. The highest BCUT2D eigenvalue weighted by Crippen LogP contribution is 2.31. The largest absolute Gasteiger partial charge is 0.346 e. The van der Waals surface area contributed by atoms with Crippen LogP contribution < -0.4 is 0 Å². The fourth-order valence-electron chi connectivity index (χ4n) is 2.74. The van der Waals surface area contributed by atoms with Gasteiger partial charge in [0.1, 0.15) is 11.6 Å². The van der Waals surface area contributed by atoms with Crippen molar-refractivity contribution in [3.63, 3.8) is 0 Å². The molecule has 0 saturated heterocycles. The summed E-state index contributed by atoms with van der Waals surface area (Å²) in [5.74, 6) is 0.614. The summed E-state index contributed by atoms with van der Waals surface area (Å²) in [6, 6.07) is 10.6. The first-order valence-electron chi connectivity index (χ1n) is 6.59.